The first-order valence-corrected chi connectivity index (χ1v) is 7.42. The number of carbonyl (C=O) groups is 1. The van der Waals surface area contributed by atoms with Crippen LogP contribution in [0.25, 0.3) is 0 Å². The van der Waals surface area contributed by atoms with Crippen molar-refractivity contribution < 1.29 is 17.9 Å². The Morgan fingerprint density at radius 1 is 1.33 bits per heavy atom. The van der Waals surface area contributed by atoms with Crippen LogP contribution < -0.4 is 5.32 Å². The molecule has 1 rings (SSSR count). The number of amides is 1. The standard InChI is InChI=1S/C12H17NO4S/c1-17-9-5-8-13-12(14)10-6-3-4-7-11(10)18(2,15)16/h3-4,6-7H,5,8-9H2,1-2H3,(H,13,14). The van der Waals surface area contributed by atoms with E-state index in [1.165, 1.54) is 12.1 Å². The summed E-state index contributed by atoms with van der Waals surface area (Å²) in [4.78, 5) is 11.9. The first kappa shape index (κ1) is 14.7. The van der Waals surface area contributed by atoms with E-state index >= 15 is 0 Å². The lowest BCUT2D eigenvalue weighted by molar-refractivity contribution is 0.0945. The van der Waals surface area contributed by atoms with Gasteiger partial charge in [0.15, 0.2) is 9.84 Å². The van der Waals surface area contributed by atoms with Crippen molar-refractivity contribution in [2.45, 2.75) is 11.3 Å². The monoisotopic (exact) mass is 271 g/mol. The number of sulfone groups is 1. The molecule has 5 nitrogen and oxygen atoms in total. The summed E-state index contributed by atoms with van der Waals surface area (Å²) in [5.74, 6) is -0.382. The van der Waals surface area contributed by atoms with Gasteiger partial charge in [0.05, 0.1) is 10.5 Å². The van der Waals surface area contributed by atoms with E-state index in [1.54, 1.807) is 19.2 Å². The Labute approximate surface area is 107 Å². The molecule has 18 heavy (non-hydrogen) atoms. The van der Waals surface area contributed by atoms with E-state index in [9.17, 15) is 13.2 Å². The molecule has 1 N–H and O–H groups in total. The van der Waals surface area contributed by atoms with E-state index in [1.807, 2.05) is 0 Å². The van der Waals surface area contributed by atoms with Gasteiger partial charge in [-0.25, -0.2) is 8.42 Å². The Morgan fingerprint density at radius 2 is 2.00 bits per heavy atom. The minimum Gasteiger partial charge on any atom is -0.385 e. The molecule has 0 unspecified atom stereocenters. The lowest BCUT2D eigenvalue weighted by atomic mass is 10.2. The molecule has 0 aliphatic heterocycles. The highest BCUT2D eigenvalue weighted by Gasteiger charge is 2.17. The predicted molar refractivity (Wildman–Crippen MR) is 68.4 cm³/mol. The fourth-order valence-corrected chi connectivity index (χ4v) is 2.38. The van der Waals surface area contributed by atoms with Gasteiger partial charge in [-0.2, -0.15) is 0 Å². The van der Waals surface area contributed by atoms with Crippen molar-refractivity contribution in [2.24, 2.45) is 0 Å². The first-order valence-electron chi connectivity index (χ1n) is 5.53. The molecule has 0 bridgehead atoms. The van der Waals surface area contributed by atoms with Gasteiger partial charge in [-0.1, -0.05) is 12.1 Å². The topological polar surface area (TPSA) is 72.5 Å². The molecule has 0 heterocycles. The maximum atomic E-state index is 11.9. The van der Waals surface area contributed by atoms with Crippen LogP contribution in [0.2, 0.25) is 0 Å². The molecule has 1 aromatic rings. The third-order valence-electron chi connectivity index (χ3n) is 2.34. The maximum Gasteiger partial charge on any atom is 0.252 e. The summed E-state index contributed by atoms with van der Waals surface area (Å²) >= 11 is 0. The van der Waals surface area contributed by atoms with Gasteiger partial charge in [-0.15, -0.1) is 0 Å². The zero-order chi connectivity index (χ0) is 13.6. The average Bonchev–Trinajstić information content (AvgIpc) is 2.33. The zero-order valence-corrected chi connectivity index (χ0v) is 11.3. The Hall–Kier alpha value is -1.40. The van der Waals surface area contributed by atoms with Crippen molar-refractivity contribution in [3.8, 4) is 0 Å². The summed E-state index contributed by atoms with van der Waals surface area (Å²) in [5, 5.41) is 2.66. The SMILES string of the molecule is COCCCNC(=O)c1ccccc1S(C)(=O)=O. The largest absolute Gasteiger partial charge is 0.385 e. The van der Waals surface area contributed by atoms with Gasteiger partial charge in [0, 0.05) is 26.5 Å². The van der Waals surface area contributed by atoms with Crippen molar-refractivity contribution in [2.75, 3.05) is 26.5 Å². The molecule has 0 fully saturated rings. The summed E-state index contributed by atoms with van der Waals surface area (Å²) in [6.45, 7) is 0.999. The summed E-state index contributed by atoms with van der Waals surface area (Å²) < 4.78 is 27.9. The van der Waals surface area contributed by atoms with Gasteiger partial charge < -0.3 is 10.1 Å². The van der Waals surface area contributed by atoms with Gasteiger partial charge in [0.2, 0.25) is 0 Å². The first-order chi connectivity index (χ1) is 8.46. The van der Waals surface area contributed by atoms with Gasteiger partial charge in [0.25, 0.3) is 5.91 Å². The second kappa shape index (κ2) is 6.51. The van der Waals surface area contributed by atoms with E-state index in [2.05, 4.69) is 5.32 Å². The molecule has 0 aromatic heterocycles. The van der Waals surface area contributed by atoms with E-state index in [4.69, 9.17) is 4.74 Å². The number of benzene rings is 1. The highest BCUT2D eigenvalue weighted by atomic mass is 32.2. The highest BCUT2D eigenvalue weighted by molar-refractivity contribution is 7.90. The number of carbonyl (C=O) groups excluding carboxylic acids is 1. The van der Waals surface area contributed by atoms with Crippen LogP contribution in [0, 0.1) is 0 Å². The van der Waals surface area contributed by atoms with Crippen LogP contribution in [0.1, 0.15) is 16.8 Å². The summed E-state index contributed by atoms with van der Waals surface area (Å²) in [5.41, 5.74) is 0.178. The molecule has 6 heteroatoms. The Balaban J connectivity index is 2.80. The zero-order valence-electron chi connectivity index (χ0n) is 10.5. The van der Waals surface area contributed by atoms with Gasteiger partial charge in [-0.05, 0) is 18.6 Å². The summed E-state index contributed by atoms with van der Waals surface area (Å²) in [6, 6.07) is 6.16. The maximum absolute atomic E-state index is 11.9. The average molecular weight is 271 g/mol. The molecule has 1 amide bonds. The third-order valence-corrected chi connectivity index (χ3v) is 3.50. The third kappa shape index (κ3) is 4.12. The van der Waals surface area contributed by atoms with E-state index < -0.39 is 9.84 Å². The van der Waals surface area contributed by atoms with Crippen LogP contribution in [0.5, 0.6) is 0 Å². The van der Waals surface area contributed by atoms with Crippen LogP contribution in [0.3, 0.4) is 0 Å². The number of hydrogen-bond donors (Lipinski definition) is 1. The molecular formula is C12H17NO4S. The second-order valence-electron chi connectivity index (χ2n) is 3.87. The van der Waals surface area contributed by atoms with Gasteiger partial charge in [0.1, 0.15) is 0 Å². The van der Waals surface area contributed by atoms with Gasteiger partial charge >= 0.3 is 0 Å². The number of hydrogen-bond acceptors (Lipinski definition) is 4. The second-order valence-corrected chi connectivity index (χ2v) is 5.85. The van der Waals surface area contributed by atoms with Crippen LogP contribution in [-0.4, -0.2) is 40.8 Å². The van der Waals surface area contributed by atoms with E-state index in [0.29, 0.717) is 19.6 Å². The van der Waals surface area contributed by atoms with Crippen molar-refractivity contribution in [1.82, 2.24) is 5.32 Å². The van der Waals surface area contributed by atoms with Crippen LogP contribution in [-0.2, 0) is 14.6 Å². The predicted octanol–water partition coefficient (Wildman–Crippen LogP) is 0.856. The van der Waals surface area contributed by atoms with Crippen LogP contribution in [0.15, 0.2) is 29.2 Å². The number of rotatable bonds is 6. The molecule has 0 aliphatic carbocycles. The fraction of sp³-hybridized carbons (Fsp3) is 0.417. The minimum atomic E-state index is -3.40. The van der Waals surface area contributed by atoms with Crippen molar-refractivity contribution >= 4 is 15.7 Å². The van der Waals surface area contributed by atoms with Crippen molar-refractivity contribution in [3.63, 3.8) is 0 Å². The smallest absolute Gasteiger partial charge is 0.252 e. The normalized spacial score (nSPS) is 11.2. The van der Waals surface area contributed by atoms with E-state index in [-0.39, 0.29) is 16.4 Å². The fourth-order valence-electron chi connectivity index (χ4n) is 1.49. The molecule has 100 valence electrons. The summed E-state index contributed by atoms with van der Waals surface area (Å²) in [7, 11) is -1.82. The molecule has 0 spiro atoms. The van der Waals surface area contributed by atoms with Gasteiger partial charge in [-0.3, -0.25) is 4.79 Å². The minimum absolute atomic E-state index is 0.0502. The molecule has 0 aliphatic rings. The summed E-state index contributed by atoms with van der Waals surface area (Å²) in [6.07, 6.45) is 1.77. The lowest BCUT2D eigenvalue weighted by Crippen LogP contribution is -2.26. The lowest BCUT2D eigenvalue weighted by Gasteiger charge is -2.08. The number of ether oxygens (including phenoxy) is 1. The Bertz CT molecular complexity index is 511. The van der Waals surface area contributed by atoms with Crippen molar-refractivity contribution in [1.29, 1.82) is 0 Å². The highest BCUT2D eigenvalue weighted by Crippen LogP contribution is 2.14. The molecule has 0 atom stereocenters. The Morgan fingerprint density at radius 3 is 2.61 bits per heavy atom. The molecule has 0 saturated heterocycles. The van der Waals surface area contributed by atoms with E-state index in [0.717, 1.165) is 6.26 Å². The molecule has 0 radical (unpaired) electrons. The molecular weight excluding hydrogens is 254 g/mol. The van der Waals surface area contributed by atoms with Crippen molar-refractivity contribution in [3.05, 3.63) is 29.8 Å². The Kier molecular flexibility index (Phi) is 5.30. The quantitative estimate of drug-likeness (QED) is 0.779. The number of nitrogens with one attached hydrogen (secondary N) is 1. The number of methoxy groups -OCH3 is 1. The van der Waals surface area contributed by atoms with Crippen LogP contribution in [0.4, 0.5) is 0 Å². The molecule has 0 saturated carbocycles. The van der Waals surface area contributed by atoms with Crippen LogP contribution >= 0.6 is 0 Å². The molecule has 1 aromatic carbocycles.